The molecule has 7 nitrogen and oxygen atoms in total. The zero-order valence-corrected chi connectivity index (χ0v) is 14.4. The molecule has 1 aliphatic heterocycles. The summed E-state index contributed by atoms with van der Waals surface area (Å²) in [6, 6.07) is 3.34. The molecule has 2 aliphatic rings. The number of hydrogen-bond acceptors (Lipinski definition) is 5. The number of benzene rings is 1. The number of sulfonamides is 1. The van der Waals surface area contributed by atoms with Crippen molar-refractivity contribution < 1.29 is 32.2 Å². The Labute approximate surface area is 148 Å². The summed E-state index contributed by atoms with van der Waals surface area (Å²) in [4.78, 5) is 11.6. The molecule has 0 bridgehead atoms. The van der Waals surface area contributed by atoms with Gasteiger partial charge >= 0.3 is 5.97 Å². The molecule has 25 heavy (non-hydrogen) atoms. The molecule has 1 saturated heterocycles. The van der Waals surface area contributed by atoms with Gasteiger partial charge in [0.2, 0.25) is 10.0 Å². The van der Waals surface area contributed by atoms with Crippen molar-refractivity contribution in [3.8, 4) is 0 Å². The molecule has 1 aliphatic carbocycles. The third-order valence-electron chi connectivity index (χ3n) is 4.05. The van der Waals surface area contributed by atoms with Crippen LogP contribution in [0.1, 0.15) is 12.8 Å². The van der Waals surface area contributed by atoms with Crippen LogP contribution in [0.4, 0.5) is 10.1 Å². The average molecular weight is 392 g/mol. The van der Waals surface area contributed by atoms with E-state index in [1.165, 1.54) is 12.1 Å². The second-order valence-electron chi connectivity index (χ2n) is 5.72. The summed E-state index contributed by atoms with van der Waals surface area (Å²) in [5.41, 5.74) is -0.279. The van der Waals surface area contributed by atoms with Crippen LogP contribution in [0.5, 0.6) is 0 Å². The molecule has 1 aromatic carbocycles. The molecular weight excluding hydrogens is 377 g/mol. The smallest absolute Gasteiger partial charge is 0.332 e. The zero-order chi connectivity index (χ0) is 18.2. The number of halogens is 2. The van der Waals surface area contributed by atoms with E-state index in [0.29, 0.717) is 13.2 Å². The quantitative estimate of drug-likeness (QED) is 0.815. The average Bonchev–Trinajstić information content (AvgIpc) is 2.98. The largest absolute Gasteiger partial charge is 0.478 e. The minimum absolute atomic E-state index is 0.00237. The van der Waals surface area contributed by atoms with Crippen LogP contribution in [0.25, 0.3) is 0 Å². The lowest BCUT2D eigenvalue weighted by atomic mass is 9.94. The highest BCUT2D eigenvalue weighted by Gasteiger charge is 2.45. The van der Waals surface area contributed by atoms with Crippen LogP contribution in [0, 0.1) is 5.82 Å². The lowest BCUT2D eigenvalue weighted by Gasteiger charge is -2.32. The van der Waals surface area contributed by atoms with E-state index in [4.69, 9.17) is 21.1 Å². The number of hydrogen-bond donors (Lipinski definition) is 2. The van der Waals surface area contributed by atoms with E-state index in [1.54, 1.807) is 0 Å². The van der Waals surface area contributed by atoms with Gasteiger partial charge in [-0.3, -0.25) is 4.72 Å². The number of carboxylic acid groups (broad SMARTS) is 1. The summed E-state index contributed by atoms with van der Waals surface area (Å²) in [7, 11) is -4.10. The first-order valence-corrected chi connectivity index (χ1v) is 9.35. The maximum absolute atomic E-state index is 13.2. The zero-order valence-electron chi connectivity index (χ0n) is 12.9. The minimum atomic E-state index is -4.10. The van der Waals surface area contributed by atoms with Crippen LogP contribution in [0.3, 0.4) is 0 Å². The van der Waals surface area contributed by atoms with Gasteiger partial charge in [-0.25, -0.2) is 17.6 Å². The Morgan fingerprint density at radius 3 is 2.64 bits per heavy atom. The molecule has 1 fully saturated rings. The molecule has 1 unspecified atom stereocenters. The lowest BCUT2D eigenvalue weighted by Crippen LogP contribution is -2.41. The molecule has 136 valence electrons. The SMILES string of the molecule is O=C(O)C1=CC2(CCC1S(=O)(=O)Nc1ccc(F)c(Cl)c1)OCCO2. The number of carboxylic acids is 1. The predicted octanol–water partition coefficient (Wildman–Crippen LogP) is 2.14. The van der Waals surface area contributed by atoms with E-state index >= 15 is 0 Å². The van der Waals surface area contributed by atoms with E-state index in [2.05, 4.69) is 4.72 Å². The normalized spacial score (nSPS) is 22.6. The highest BCUT2D eigenvalue weighted by atomic mass is 35.5. The van der Waals surface area contributed by atoms with Crippen molar-refractivity contribution in [2.24, 2.45) is 0 Å². The number of ether oxygens (including phenoxy) is 2. The Balaban J connectivity index is 1.90. The van der Waals surface area contributed by atoms with Crippen molar-refractivity contribution >= 4 is 33.3 Å². The second kappa shape index (κ2) is 6.56. The molecule has 0 aromatic heterocycles. The fraction of sp³-hybridized carbons (Fsp3) is 0.400. The van der Waals surface area contributed by atoms with Crippen molar-refractivity contribution in [2.75, 3.05) is 17.9 Å². The molecule has 1 aromatic rings. The van der Waals surface area contributed by atoms with Crippen molar-refractivity contribution in [1.82, 2.24) is 0 Å². The highest BCUT2D eigenvalue weighted by Crippen LogP contribution is 2.37. The molecule has 0 radical (unpaired) electrons. The van der Waals surface area contributed by atoms with Gasteiger partial charge in [-0.15, -0.1) is 0 Å². The first kappa shape index (κ1) is 18.1. The lowest BCUT2D eigenvalue weighted by molar-refractivity contribution is -0.138. The first-order valence-electron chi connectivity index (χ1n) is 7.43. The van der Waals surface area contributed by atoms with Crippen LogP contribution >= 0.6 is 11.6 Å². The van der Waals surface area contributed by atoms with Gasteiger partial charge in [-0.1, -0.05) is 11.6 Å². The molecule has 1 spiro atoms. The summed E-state index contributed by atoms with van der Waals surface area (Å²) in [6.45, 7) is 0.625. The summed E-state index contributed by atoms with van der Waals surface area (Å²) >= 11 is 5.64. The molecule has 2 N–H and O–H groups in total. The van der Waals surface area contributed by atoms with Gasteiger partial charge < -0.3 is 14.6 Å². The molecule has 10 heteroatoms. The number of aliphatic carboxylic acids is 1. The Hall–Kier alpha value is -1.68. The maximum atomic E-state index is 13.2. The fourth-order valence-electron chi connectivity index (χ4n) is 2.90. The van der Waals surface area contributed by atoms with Gasteiger partial charge in [0.15, 0.2) is 5.79 Å². The van der Waals surface area contributed by atoms with Gasteiger partial charge in [0.05, 0.1) is 29.5 Å². The summed E-state index contributed by atoms with van der Waals surface area (Å²) in [5, 5.41) is 7.88. The van der Waals surface area contributed by atoms with Crippen molar-refractivity contribution in [2.45, 2.75) is 23.9 Å². The van der Waals surface area contributed by atoms with Crippen molar-refractivity contribution in [3.63, 3.8) is 0 Å². The van der Waals surface area contributed by atoms with E-state index in [9.17, 15) is 22.7 Å². The Kier molecular flexibility index (Phi) is 4.76. The van der Waals surface area contributed by atoms with Gasteiger partial charge in [-0.05, 0) is 30.7 Å². The third kappa shape index (κ3) is 3.64. The molecule has 1 atom stereocenters. The maximum Gasteiger partial charge on any atom is 0.332 e. The van der Waals surface area contributed by atoms with Crippen LogP contribution in [0.15, 0.2) is 29.8 Å². The Morgan fingerprint density at radius 1 is 1.36 bits per heavy atom. The third-order valence-corrected chi connectivity index (χ3v) is 6.10. The van der Waals surface area contributed by atoms with Crippen LogP contribution < -0.4 is 4.72 Å². The van der Waals surface area contributed by atoms with Crippen LogP contribution in [0.2, 0.25) is 5.02 Å². The Morgan fingerprint density at radius 2 is 2.04 bits per heavy atom. The van der Waals surface area contributed by atoms with E-state index in [0.717, 1.165) is 12.1 Å². The second-order valence-corrected chi connectivity index (χ2v) is 7.99. The van der Waals surface area contributed by atoms with Gasteiger partial charge in [0, 0.05) is 6.42 Å². The van der Waals surface area contributed by atoms with Gasteiger partial charge in [-0.2, -0.15) is 0 Å². The van der Waals surface area contributed by atoms with Gasteiger partial charge in [0.1, 0.15) is 11.1 Å². The summed E-state index contributed by atoms with van der Waals surface area (Å²) in [6.07, 6.45) is 1.43. The summed E-state index contributed by atoms with van der Waals surface area (Å²) < 4.78 is 51.6. The van der Waals surface area contributed by atoms with E-state index in [-0.39, 0.29) is 29.1 Å². The Bertz CT molecular complexity index is 834. The predicted molar refractivity (Wildman–Crippen MR) is 87.3 cm³/mol. The number of rotatable bonds is 4. The van der Waals surface area contributed by atoms with Crippen LogP contribution in [-0.4, -0.2) is 43.7 Å². The standard InChI is InChI=1S/C15H15ClFNO6S/c16-11-7-9(1-2-12(11)17)18-25(21,22)13-3-4-15(23-5-6-24-15)8-10(13)14(19)20/h1-2,7-8,13,18H,3-6H2,(H,19,20). The fourth-order valence-corrected chi connectivity index (χ4v) is 4.61. The van der Waals surface area contributed by atoms with Gasteiger partial charge in [0.25, 0.3) is 0 Å². The number of nitrogens with one attached hydrogen (secondary N) is 1. The molecule has 0 amide bonds. The highest BCUT2D eigenvalue weighted by molar-refractivity contribution is 7.93. The number of carbonyl (C=O) groups is 1. The first-order chi connectivity index (χ1) is 11.7. The number of anilines is 1. The minimum Gasteiger partial charge on any atom is -0.478 e. The van der Waals surface area contributed by atoms with Crippen molar-refractivity contribution in [1.29, 1.82) is 0 Å². The van der Waals surface area contributed by atoms with Crippen LogP contribution in [-0.2, 0) is 24.3 Å². The molecular formula is C15H15ClFNO6S. The summed E-state index contributed by atoms with van der Waals surface area (Å²) in [5.74, 6) is -3.24. The van der Waals surface area contributed by atoms with Crippen molar-refractivity contribution in [3.05, 3.63) is 40.7 Å². The monoisotopic (exact) mass is 391 g/mol. The molecule has 3 rings (SSSR count). The molecule has 0 saturated carbocycles. The molecule has 1 heterocycles. The van der Waals surface area contributed by atoms with E-state index < -0.39 is 32.8 Å². The van der Waals surface area contributed by atoms with E-state index in [1.807, 2.05) is 0 Å². The topological polar surface area (TPSA) is 102 Å².